The lowest BCUT2D eigenvalue weighted by Gasteiger charge is -2.34. The van der Waals surface area contributed by atoms with Crippen molar-refractivity contribution >= 4 is 21.6 Å². The molecule has 3 rings (SSSR count). The van der Waals surface area contributed by atoms with Gasteiger partial charge in [0.05, 0.1) is 32.3 Å². The molecule has 0 aliphatic rings. The van der Waals surface area contributed by atoms with E-state index in [9.17, 15) is 23.4 Å². The molecule has 192 valence electrons. The summed E-state index contributed by atoms with van der Waals surface area (Å²) in [6.07, 6.45) is -0.247. The lowest BCUT2D eigenvalue weighted by Crippen LogP contribution is -2.54. The van der Waals surface area contributed by atoms with E-state index in [2.05, 4.69) is 10.0 Å². The third-order valence-electron chi connectivity index (χ3n) is 5.68. The lowest BCUT2D eigenvalue weighted by molar-refractivity contribution is -0.123. The molecule has 3 aromatic carbocycles. The molecular weight excluding hydrogens is 486 g/mol. The standard InChI is InChI=1S/C25H29N3O7S/c1-34-19-9-5-17(6-10-19)25(24(26)31,18-7-11-20(35-2)12-8-18)27-15-23(30)16-4-13-22(29)21(14-16)28-36(3,32)33/h4-14,23,27-30H,15H2,1-3H3,(H2,26,31)/t23-/m0/s1. The monoisotopic (exact) mass is 515 g/mol. The Kier molecular flexibility index (Phi) is 8.08. The average Bonchev–Trinajstić information content (AvgIpc) is 2.85. The third-order valence-corrected chi connectivity index (χ3v) is 6.27. The second-order valence-electron chi connectivity index (χ2n) is 8.12. The van der Waals surface area contributed by atoms with E-state index in [-0.39, 0.29) is 18.0 Å². The molecule has 3 aromatic rings. The molecule has 1 amide bonds. The molecule has 6 N–H and O–H groups in total. The zero-order chi connectivity index (χ0) is 26.5. The summed E-state index contributed by atoms with van der Waals surface area (Å²) in [7, 11) is -0.608. The number of methoxy groups -OCH3 is 2. The summed E-state index contributed by atoms with van der Waals surface area (Å²) in [5, 5.41) is 24.0. The van der Waals surface area contributed by atoms with E-state index in [0.717, 1.165) is 6.26 Å². The molecule has 0 spiro atoms. The van der Waals surface area contributed by atoms with Crippen molar-refractivity contribution in [2.75, 3.05) is 31.7 Å². The number of rotatable bonds is 11. The first kappa shape index (κ1) is 26.8. The highest BCUT2D eigenvalue weighted by molar-refractivity contribution is 7.92. The van der Waals surface area contributed by atoms with Crippen molar-refractivity contribution in [3.8, 4) is 17.2 Å². The Balaban J connectivity index is 2.01. The summed E-state index contributed by atoms with van der Waals surface area (Å²) in [6, 6.07) is 17.6. The van der Waals surface area contributed by atoms with Crippen LogP contribution in [0.3, 0.4) is 0 Å². The van der Waals surface area contributed by atoms with Gasteiger partial charge >= 0.3 is 0 Å². The zero-order valence-electron chi connectivity index (χ0n) is 20.1. The number of carbonyl (C=O) groups excluding carboxylic acids is 1. The maximum atomic E-state index is 13.0. The number of primary amides is 1. The molecule has 0 aromatic heterocycles. The predicted octanol–water partition coefficient (Wildman–Crippen LogP) is 1.83. The van der Waals surface area contributed by atoms with E-state index in [1.165, 1.54) is 32.4 Å². The van der Waals surface area contributed by atoms with Gasteiger partial charge in [-0.25, -0.2) is 8.42 Å². The predicted molar refractivity (Wildman–Crippen MR) is 135 cm³/mol. The van der Waals surface area contributed by atoms with Gasteiger partial charge < -0.3 is 25.4 Å². The largest absolute Gasteiger partial charge is 0.506 e. The topological polar surface area (TPSA) is 160 Å². The number of aliphatic hydroxyl groups excluding tert-OH is 1. The van der Waals surface area contributed by atoms with Crippen LogP contribution in [0.4, 0.5) is 5.69 Å². The van der Waals surface area contributed by atoms with Crippen molar-refractivity contribution in [1.82, 2.24) is 5.32 Å². The van der Waals surface area contributed by atoms with Crippen LogP contribution in [0.25, 0.3) is 0 Å². The average molecular weight is 516 g/mol. The van der Waals surface area contributed by atoms with Gasteiger partial charge in [0.2, 0.25) is 15.9 Å². The van der Waals surface area contributed by atoms with E-state index in [1.807, 2.05) is 0 Å². The number of phenols is 1. The van der Waals surface area contributed by atoms with Crippen molar-refractivity contribution in [1.29, 1.82) is 0 Å². The summed E-state index contributed by atoms with van der Waals surface area (Å²) in [4.78, 5) is 13.0. The minimum atomic E-state index is -3.66. The number of ether oxygens (including phenoxy) is 2. The molecule has 36 heavy (non-hydrogen) atoms. The van der Waals surface area contributed by atoms with Crippen molar-refractivity contribution in [3.63, 3.8) is 0 Å². The first-order valence-electron chi connectivity index (χ1n) is 10.8. The highest BCUT2D eigenvalue weighted by atomic mass is 32.2. The van der Waals surface area contributed by atoms with Crippen LogP contribution < -0.4 is 25.2 Å². The molecule has 11 heteroatoms. The lowest BCUT2D eigenvalue weighted by atomic mass is 9.81. The zero-order valence-corrected chi connectivity index (χ0v) is 20.9. The maximum Gasteiger partial charge on any atom is 0.247 e. The molecule has 0 radical (unpaired) electrons. The molecular formula is C25H29N3O7S. The van der Waals surface area contributed by atoms with Crippen LogP contribution in [-0.2, 0) is 20.4 Å². The van der Waals surface area contributed by atoms with Crippen LogP contribution in [0.15, 0.2) is 66.7 Å². The molecule has 0 unspecified atom stereocenters. The Morgan fingerprint density at radius 2 is 1.47 bits per heavy atom. The van der Waals surface area contributed by atoms with Gasteiger partial charge in [0, 0.05) is 6.54 Å². The number of nitrogens with two attached hydrogens (primary N) is 1. The van der Waals surface area contributed by atoms with Crippen molar-refractivity contribution in [2.24, 2.45) is 5.73 Å². The minimum absolute atomic E-state index is 0.0828. The Labute approximate surface area is 209 Å². The third kappa shape index (κ3) is 5.88. The fourth-order valence-electron chi connectivity index (χ4n) is 3.83. The SMILES string of the molecule is COc1ccc(C(NC[C@H](O)c2ccc(O)c(NS(C)(=O)=O)c2)(C(N)=O)c2ccc(OC)cc2)cc1. The summed E-state index contributed by atoms with van der Waals surface area (Å²) < 4.78 is 35.9. The van der Waals surface area contributed by atoms with Crippen LogP contribution in [0.1, 0.15) is 22.8 Å². The number of aromatic hydroxyl groups is 1. The minimum Gasteiger partial charge on any atom is -0.506 e. The van der Waals surface area contributed by atoms with Crippen LogP contribution in [0.5, 0.6) is 17.2 Å². The van der Waals surface area contributed by atoms with E-state index in [4.69, 9.17) is 15.2 Å². The van der Waals surface area contributed by atoms with E-state index in [1.54, 1.807) is 48.5 Å². The normalized spacial score (nSPS) is 12.6. The number of benzene rings is 3. The van der Waals surface area contributed by atoms with Crippen molar-refractivity contribution in [2.45, 2.75) is 11.6 Å². The number of aliphatic hydroxyl groups is 1. The van der Waals surface area contributed by atoms with Crippen LogP contribution >= 0.6 is 0 Å². The van der Waals surface area contributed by atoms with Crippen molar-refractivity contribution in [3.05, 3.63) is 83.4 Å². The number of hydrogen-bond acceptors (Lipinski definition) is 8. The molecule has 0 aliphatic heterocycles. The molecule has 0 aliphatic carbocycles. The molecule has 0 saturated carbocycles. The van der Waals surface area contributed by atoms with Crippen LogP contribution in [0, 0.1) is 0 Å². The maximum absolute atomic E-state index is 13.0. The highest BCUT2D eigenvalue weighted by Gasteiger charge is 2.41. The molecule has 10 nitrogen and oxygen atoms in total. The summed E-state index contributed by atoms with van der Waals surface area (Å²) in [5.74, 6) is 0.159. The Morgan fingerprint density at radius 1 is 0.972 bits per heavy atom. The first-order valence-corrected chi connectivity index (χ1v) is 12.7. The van der Waals surface area contributed by atoms with Gasteiger partial charge in [-0.1, -0.05) is 30.3 Å². The molecule has 1 atom stereocenters. The number of phenolic OH excluding ortho intramolecular Hbond substituents is 1. The van der Waals surface area contributed by atoms with Gasteiger partial charge in [0.1, 0.15) is 22.8 Å². The van der Waals surface area contributed by atoms with Crippen LogP contribution in [0.2, 0.25) is 0 Å². The number of sulfonamides is 1. The van der Waals surface area contributed by atoms with Crippen molar-refractivity contribution < 1.29 is 32.9 Å². The number of hydrogen-bond donors (Lipinski definition) is 5. The van der Waals surface area contributed by atoms with Gasteiger partial charge in [0.15, 0.2) is 0 Å². The Bertz CT molecular complexity index is 1260. The van der Waals surface area contributed by atoms with Gasteiger partial charge in [0.25, 0.3) is 0 Å². The van der Waals surface area contributed by atoms with E-state index < -0.39 is 27.6 Å². The van der Waals surface area contributed by atoms with Gasteiger partial charge in [-0.3, -0.25) is 14.8 Å². The molecule has 0 heterocycles. The van der Waals surface area contributed by atoms with Gasteiger partial charge in [-0.2, -0.15) is 0 Å². The van der Waals surface area contributed by atoms with Gasteiger partial charge in [-0.15, -0.1) is 0 Å². The van der Waals surface area contributed by atoms with E-state index in [0.29, 0.717) is 28.2 Å². The summed E-state index contributed by atoms with van der Waals surface area (Å²) in [5.41, 5.74) is 5.66. The second-order valence-corrected chi connectivity index (χ2v) is 9.87. The Morgan fingerprint density at radius 3 is 1.89 bits per heavy atom. The summed E-state index contributed by atoms with van der Waals surface area (Å²) >= 11 is 0. The fourth-order valence-corrected chi connectivity index (χ4v) is 4.40. The van der Waals surface area contributed by atoms with Crippen LogP contribution in [-0.4, -0.2) is 51.6 Å². The highest BCUT2D eigenvalue weighted by Crippen LogP contribution is 2.33. The Hall–Kier alpha value is -3.80. The number of nitrogens with one attached hydrogen (secondary N) is 2. The second kappa shape index (κ2) is 10.9. The summed E-state index contributed by atoms with van der Waals surface area (Å²) in [6.45, 7) is -0.149. The number of carbonyl (C=O) groups is 1. The first-order chi connectivity index (χ1) is 17.0. The van der Waals surface area contributed by atoms with E-state index >= 15 is 0 Å². The molecule has 0 bridgehead atoms. The number of anilines is 1. The molecule has 0 saturated heterocycles. The quantitative estimate of drug-likeness (QED) is 0.242. The number of amides is 1. The van der Waals surface area contributed by atoms with Gasteiger partial charge in [-0.05, 0) is 53.1 Å². The molecule has 0 fully saturated rings. The smallest absolute Gasteiger partial charge is 0.247 e. The fraction of sp³-hybridized carbons (Fsp3) is 0.240.